The molecule has 2 aromatic rings. The number of halogens is 2. The quantitative estimate of drug-likeness (QED) is 0.824. The van der Waals surface area contributed by atoms with Crippen LogP contribution in [0.5, 0.6) is 5.75 Å². The van der Waals surface area contributed by atoms with Gasteiger partial charge in [0, 0.05) is 6.54 Å². The highest BCUT2D eigenvalue weighted by atomic mass is 35.5. The van der Waals surface area contributed by atoms with E-state index >= 15 is 0 Å². The third-order valence-corrected chi connectivity index (χ3v) is 3.94. The normalized spacial score (nSPS) is 11.7. The molecule has 2 aromatic carbocycles. The van der Waals surface area contributed by atoms with Gasteiger partial charge >= 0.3 is 6.03 Å². The fourth-order valence-corrected chi connectivity index (χ4v) is 2.41. The van der Waals surface area contributed by atoms with Crippen LogP contribution in [-0.4, -0.2) is 19.7 Å². The molecule has 4 nitrogen and oxygen atoms in total. The molecular formula is C18H20ClFN2O2. The van der Waals surface area contributed by atoms with Crippen LogP contribution in [-0.2, 0) is 6.42 Å². The maximum absolute atomic E-state index is 13.2. The number of methoxy groups -OCH3 is 1. The Labute approximate surface area is 146 Å². The first kappa shape index (κ1) is 18.1. The van der Waals surface area contributed by atoms with Crippen molar-refractivity contribution in [1.82, 2.24) is 10.6 Å². The van der Waals surface area contributed by atoms with E-state index in [1.54, 1.807) is 13.2 Å². The molecule has 2 N–H and O–H groups in total. The van der Waals surface area contributed by atoms with Gasteiger partial charge in [0.15, 0.2) is 0 Å². The second-order valence-electron chi connectivity index (χ2n) is 5.39. The van der Waals surface area contributed by atoms with Crippen LogP contribution in [0, 0.1) is 5.82 Å². The summed E-state index contributed by atoms with van der Waals surface area (Å²) < 4.78 is 18.3. The van der Waals surface area contributed by atoms with Crippen LogP contribution in [0.1, 0.15) is 24.1 Å². The summed E-state index contributed by atoms with van der Waals surface area (Å²) in [4.78, 5) is 11.9. The number of carbonyl (C=O) groups excluding carboxylic acids is 1. The molecule has 6 heteroatoms. The number of carbonyl (C=O) groups is 1. The molecule has 0 saturated heterocycles. The monoisotopic (exact) mass is 350 g/mol. The lowest BCUT2D eigenvalue weighted by molar-refractivity contribution is 0.238. The van der Waals surface area contributed by atoms with Crippen molar-refractivity contribution in [1.29, 1.82) is 0 Å². The van der Waals surface area contributed by atoms with Crippen molar-refractivity contribution in [3.63, 3.8) is 0 Å². The van der Waals surface area contributed by atoms with Gasteiger partial charge in [0.05, 0.1) is 18.2 Å². The Morgan fingerprint density at radius 3 is 2.58 bits per heavy atom. The molecule has 0 bridgehead atoms. The molecule has 128 valence electrons. The molecule has 0 radical (unpaired) electrons. The standard InChI is InChI=1S/C18H20ClFN2O2/c1-12(14-5-8-17(20)16(19)11-14)22-18(23)21-10-9-13-3-6-15(24-2)7-4-13/h3-8,11-12H,9-10H2,1-2H3,(H2,21,22,23). The van der Waals surface area contributed by atoms with Crippen LogP contribution in [0.2, 0.25) is 5.02 Å². The average molecular weight is 351 g/mol. The van der Waals surface area contributed by atoms with Crippen molar-refractivity contribution in [3.05, 3.63) is 64.4 Å². The first-order valence-electron chi connectivity index (χ1n) is 7.62. The molecule has 0 aliphatic heterocycles. The van der Waals surface area contributed by atoms with E-state index in [-0.39, 0.29) is 17.1 Å². The van der Waals surface area contributed by atoms with Crippen LogP contribution in [0.25, 0.3) is 0 Å². The minimum atomic E-state index is -0.475. The molecule has 1 atom stereocenters. The van der Waals surface area contributed by atoms with Gasteiger partial charge in [0.2, 0.25) is 0 Å². The van der Waals surface area contributed by atoms with Gasteiger partial charge in [-0.15, -0.1) is 0 Å². The maximum Gasteiger partial charge on any atom is 0.315 e. The lowest BCUT2D eigenvalue weighted by atomic mass is 10.1. The number of urea groups is 1. The smallest absolute Gasteiger partial charge is 0.315 e. The summed E-state index contributed by atoms with van der Waals surface area (Å²) in [5, 5.41) is 5.64. The van der Waals surface area contributed by atoms with E-state index < -0.39 is 5.82 Å². The fraction of sp³-hybridized carbons (Fsp3) is 0.278. The van der Waals surface area contributed by atoms with Crippen LogP contribution >= 0.6 is 11.6 Å². The van der Waals surface area contributed by atoms with Crippen LogP contribution in [0.3, 0.4) is 0 Å². The van der Waals surface area contributed by atoms with E-state index in [1.165, 1.54) is 12.1 Å². The van der Waals surface area contributed by atoms with Crippen molar-refractivity contribution in [2.75, 3.05) is 13.7 Å². The minimum absolute atomic E-state index is 0.0427. The Hall–Kier alpha value is -2.27. The SMILES string of the molecule is COc1ccc(CCNC(=O)NC(C)c2ccc(F)c(Cl)c2)cc1. The van der Waals surface area contributed by atoms with E-state index in [4.69, 9.17) is 16.3 Å². The zero-order valence-electron chi connectivity index (χ0n) is 13.6. The van der Waals surface area contributed by atoms with Gasteiger partial charge in [-0.2, -0.15) is 0 Å². The number of rotatable bonds is 6. The minimum Gasteiger partial charge on any atom is -0.497 e. The second kappa shape index (κ2) is 8.55. The molecule has 2 rings (SSSR count). The highest BCUT2D eigenvalue weighted by Gasteiger charge is 2.11. The highest BCUT2D eigenvalue weighted by Crippen LogP contribution is 2.20. The van der Waals surface area contributed by atoms with Crippen LogP contribution in [0.15, 0.2) is 42.5 Å². The fourth-order valence-electron chi connectivity index (χ4n) is 2.23. The number of benzene rings is 2. The summed E-state index contributed by atoms with van der Waals surface area (Å²) in [5.74, 6) is 0.327. The predicted molar refractivity (Wildman–Crippen MR) is 93.1 cm³/mol. The van der Waals surface area contributed by atoms with E-state index in [1.807, 2.05) is 31.2 Å². The molecule has 0 aliphatic rings. The van der Waals surface area contributed by atoms with Crippen LogP contribution < -0.4 is 15.4 Å². The largest absolute Gasteiger partial charge is 0.497 e. The molecule has 0 spiro atoms. The third kappa shape index (κ3) is 5.13. The van der Waals surface area contributed by atoms with Gasteiger partial charge in [-0.25, -0.2) is 9.18 Å². The molecule has 0 aliphatic carbocycles. The van der Waals surface area contributed by atoms with Crippen LogP contribution in [0.4, 0.5) is 9.18 Å². The molecule has 0 saturated carbocycles. The van der Waals surface area contributed by atoms with Gasteiger partial charge < -0.3 is 15.4 Å². The molecule has 0 aromatic heterocycles. The van der Waals surface area contributed by atoms with Crippen molar-refractivity contribution in [2.45, 2.75) is 19.4 Å². The number of ether oxygens (including phenoxy) is 1. The molecule has 1 unspecified atom stereocenters. The maximum atomic E-state index is 13.2. The van der Waals surface area contributed by atoms with Crippen molar-refractivity contribution >= 4 is 17.6 Å². The summed E-state index contributed by atoms with van der Waals surface area (Å²) in [6.07, 6.45) is 0.716. The average Bonchev–Trinajstić information content (AvgIpc) is 2.58. The van der Waals surface area contributed by atoms with E-state index in [0.717, 1.165) is 16.9 Å². The Balaban J connectivity index is 1.78. The van der Waals surface area contributed by atoms with Gasteiger partial charge in [0.25, 0.3) is 0 Å². The van der Waals surface area contributed by atoms with Gasteiger partial charge in [0.1, 0.15) is 11.6 Å². The number of nitrogens with one attached hydrogen (secondary N) is 2. The van der Waals surface area contributed by atoms with E-state index in [9.17, 15) is 9.18 Å². The first-order valence-corrected chi connectivity index (χ1v) is 7.99. The second-order valence-corrected chi connectivity index (χ2v) is 5.80. The Morgan fingerprint density at radius 1 is 1.25 bits per heavy atom. The highest BCUT2D eigenvalue weighted by molar-refractivity contribution is 6.30. The van der Waals surface area contributed by atoms with E-state index in [2.05, 4.69) is 10.6 Å². The molecular weight excluding hydrogens is 331 g/mol. The lowest BCUT2D eigenvalue weighted by Gasteiger charge is -2.15. The summed E-state index contributed by atoms with van der Waals surface area (Å²) in [5.41, 5.74) is 1.85. The predicted octanol–water partition coefficient (Wildman–Crippen LogP) is 4.09. The Kier molecular flexibility index (Phi) is 6.44. The van der Waals surface area contributed by atoms with E-state index in [0.29, 0.717) is 13.0 Å². The molecule has 0 heterocycles. The molecule has 2 amide bonds. The van der Waals surface area contributed by atoms with Crippen molar-refractivity contribution < 1.29 is 13.9 Å². The van der Waals surface area contributed by atoms with Gasteiger partial charge in [-0.05, 0) is 48.7 Å². The zero-order valence-corrected chi connectivity index (χ0v) is 14.4. The number of amides is 2. The number of hydrogen-bond acceptors (Lipinski definition) is 2. The summed E-state index contributed by atoms with van der Waals surface area (Å²) in [6, 6.07) is 11.5. The van der Waals surface area contributed by atoms with Crippen molar-refractivity contribution in [3.8, 4) is 5.75 Å². The summed E-state index contributed by atoms with van der Waals surface area (Å²) >= 11 is 5.76. The topological polar surface area (TPSA) is 50.4 Å². The summed E-state index contributed by atoms with van der Waals surface area (Å²) in [7, 11) is 1.62. The lowest BCUT2D eigenvalue weighted by Crippen LogP contribution is -2.38. The summed E-state index contributed by atoms with van der Waals surface area (Å²) in [6.45, 7) is 2.32. The first-order chi connectivity index (χ1) is 11.5. The Morgan fingerprint density at radius 2 is 1.96 bits per heavy atom. The van der Waals surface area contributed by atoms with Crippen molar-refractivity contribution in [2.24, 2.45) is 0 Å². The van der Waals surface area contributed by atoms with Gasteiger partial charge in [-0.1, -0.05) is 29.8 Å². The molecule has 24 heavy (non-hydrogen) atoms. The third-order valence-electron chi connectivity index (χ3n) is 3.65. The molecule has 0 fully saturated rings. The Bertz CT molecular complexity index is 692. The number of hydrogen-bond donors (Lipinski definition) is 2. The zero-order chi connectivity index (χ0) is 17.5. The van der Waals surface area contributed by atoms with Gasteiger partial charge in [-0.3, -0.25) is 0 Å².